The van der Waals surface area contributed by atoms with Crippen LogP contribution >= 0.6 is 11.8 Å². The van der Waals surface area contributed by atoms with Gasteiger partial charge in [0.25, 0.3) is 0 Å². The van der Waals surface area contributed by atoms with Crippen molar-refractivity contribution in [2.45, 2.75) is 6.42 Å². The molecule has 0 radical (unpaired) electrons. The van der Waals surface area contributed by atoms with Crippen molar-refractivity contribution in [3.8, 4) is 11.5 Å². The van der Waals surface area contributed by atoms with Gasteiger partial charge in [0, 0.05) is 12.2 Å². The van der Waals surface area contributed by atoms with Crippen LogP contribution in [0.25, 0.3) is 0 Å². The van der Waals surface area contributed by atoms with Gasteiger partial charge in [-0.2, -0.15) is 11.8 Å². The van der Waals surface area contributed by atoms with Crippen molar-refractivity contribution in [2.24, 2.45) is 0 Å². The number of ketones is 1. The van der Waals surface area contributed by atoms with Crippen LogP contribution in [0.3, 0.4) is 0 Å². The highest BCUT2D eigenvalue weighted by atomic mass is 32.2. The van der Waals surface area contributed by atoms with Gasteiger partial charge in [0.15, 0.2) is 17.3 Å². The molecule has 0 atom stereocenters. The molecular formula is C12H14O4S. The molecule has 17 heavy (non-hydrogen) atoms. The van der Waals surface area contributed by atoms with Gasteiger partial charge in [-0.1, -0.05) is 0 Å². The highest BCUT2D eigenvalue weighted by Gasteiger charge is 2.15. The number of Topliss-reactive ketones (excluding diaryl/α,β-unsaturated/α-hetero) is 1. The number of carbonyl (C=O) groups excluding carboxylic acids is 1. The highest BCUT2D eigenvalue weighted by molar-refractivity contribution is 7.99. The van der Waals surface area contributed by atoms with Crippen molar-refractivity contribution in [3.63, 3.8) is 0 Å². The first-order chi connectivity index (χ1) is 8.31. The molecule has 2 rings (SSSR count). The van der Waals surface area contributed by atoms with Crippen LogP contribution in [0.1, 0.15) is 16.8 Å². The van der Waals surface area contributed by atoms with E-state index >= 15 is 0 Å². The maximum Gasteiger partial charge on any atom is 0.231 e. The fraction of sp³-hybridized carbons (Fsp3) is 0.417. The highest BCUT2D eigenvalue weighted by Crippen LogP contribution is 2.32. The zero-order valence-electron chi connectivity index (χ0n) is 9.35. The van der Waals surface area contributed by atoms with E-state index in [2.05, 4.69) is 0 Å². The largest absolute Gasteiger partial charge is 0.454 e. The number of carbonyl (C=O) groups is 1. The zero-order chi connectivity index (χ0) is 12.1. The first kappa shape index (κ1) is 12.3. The van der Waals surface area contributed by atoms with E-state index in [0.717, 1.165) is 12.2 Å². The Morgan fingerprint density at radius 1 is 1.35 bits per heavy atom. The van der Waals surface area contributed by atoms with Crippen molar-refractivity contribution in [1.82, 2.24) is 0 Å². The Morgan fingerprint density at radius 3 is 3.00 bits per heavy atom. The molecule has 92 valence electrons. The molecule has 4 nitrogen and oxygen atoms in total. The van der Waals surface area contributed by atoms with Crippen molar-refractivity contribution in [2.75, 3.05) is 24.9 Å². The van der Waals surface area contributed by atoms with Crippen LogP contribution in [-0.4, -0.2) is 35.8 Å². The predicted octanol–water partition coefficient (Wildman–Crippen LogP) is 1.71. The number of benzene rings is 1. The summed E-state index contributed by atoms with van der Waals surface area (Å²) in [5, 5.41) is 8.63. The third kappa shape index (κ3) is 3.14. The molecule has 0 fully saturated rings. The molecule has 1 N–H and O–H groups in total. The fourth-order valence-corrected chi connectivity index (χ4v) is 2.31. The van der Waals surface area contributed by atoms with Gasteiger partial charge in [-0.3, -0.25) is 4.79 Å². The minimum Gasteiger partial charge on any atom is -0.454 e. The summed E-state index contributed by atoms with van der Waals surface area (Å²) < 4.78 is 10.4. The summed E-state index contributed by atoms with van der Waals surface area (Å²) in [4.78, 5) is 11.8. The van der Waals surface area contributed by atoms with Gasteiger partial charge in [0.05, 0.1) is 5.75 Å². The summed E-state index contributed by atoms with van der Waals surface area (Å²) in [7, 11) is 0. The lowest BCUT2D eigenvalue weighted by Gasteiger charge is -2.02. The Balaban J connectivity index is 1.91. The lowest BCUT2D eigenvalue weighted by molar-refractivity contribution is 0.102. The third-order valence-corrected chi connectivity index (χ3v) is 3.42. The number of ether oxygens (including phenoxy) is 2. The van der Waals surface area contributed by atoms with E-state index in [1.54, 1.807) is 18.2 Å². The summed E-state index contributed by atoms with van der Waals surface area (Å²) in [6, 6.07) is 5.23. The average molecular weight is 254 g/mol. The molecule has 5 heteroatoms. The molecule has 0 aliphatic carbocycles. The Labute approximate surface area is 104 Å². The van der Waals surface area contributed by atoms with Crippen molar-refractivity contribution < 1.29 is 19.4 Å². The number of hydrogen-bond acceptors (Lipinski definition) is 5. The quantitative estimate of drug-likeness (QED) is 0.618. The normalized spacial score (nSPS) is 12.8. The lowest BCUT2D eigenvalue weighted by atomic mass is 10.1. The summed E-state index contributed by atoms with van der Waals surface area (Å²) >= 11 is 1.53. The van der Waals surface area contributed by atoms with Gasteiger partial charge < -0.3 is 14.6 Å². The number of rotatable bonds is 6. The van der Waals surface area contributed by atoms with E-state index in [1.165, 1.54) is 11.8 Å². The predicted molar refractivity (Wildman–Crippen MR) is 65.9 cm³/mol. The number of hydrogen-bond donors (Lipinski definition) is 1. The molecule has 0 aromatic heterocycles. The molecule has 1 aliphatic rings. The molecule has 1 heterocycles. The second-order valence-electron chi connectivity index (χ2n) is 3.62. The van der Waals surface area contributed by atoms with E-state index in [4.69, 9.17) is 14.6 Å². The molecule has 1 aromatic carbocycles. The molecule has 0 bridgehead atoms. The summed E-state index contributed by atoms with van der Waals surface area (Å²) in [6.45, 7) is 0.392. The van der Waals surface area contributed by atoms with Crippen LogP contribution in [0.4, 0.5) is 0 Å². The smallest absolute Gasteiger partial charge is 0.231 e. The van der Waals surface area contributed by atoms with Gasteiger partial charge in [0.1, 0.15) is 0 Å². The van der Waals surface area contributed by atoms with Crippen LogP contribution in [0.2, 0.25) is 0 Å². The van der Waals surface area contributed by atoms with E-state index in [-0.39, 0.29) is 19.2 Å². The van der Waals surface area contributed by atoms with Gasteiger partial charge in [0.2, 0.25) is 6.79 Å². The molecular weight excluding hydrogens is 240 g/mol. The van der Waals surface area contributed by atoms with Crippen LogP contribution in [-0.2, 0) is 0 Å². The molecule has 0 saturated carbocycles. The molecule has 0 spiro atoms. The second kappa shape index (κ2) is 5.93. The van der Waals surface area contributed by atoms with Gasteiger partial charge >= 0.3 is 0 Å². The van der Waals surface area contributed by atoms with E-state index in [0.29, 0.717) is 22.8 Å². The summed E-state index contributed by atoms with van der Waals surface area (Å²) in [6.07, 6.45) is 0.721. The summed E-state index contributed by atoms with van der Waals surface area (Å²) in [5.74, 6) is 2.63. The molecule has 0 unspecified atom stereocenters. The van der Waals surface area contributed by atoms with Crippen LogP contribution in [0.15, 0.2) is 18.2 Å². The average Bonchev–Trinajstić information content (AvgIpc) is 2.81. The number of fused-ring (bicyclic) bond motifs is 1. The standard InChI is InChI=1S/C12H14O4S/c13-4-1-5-17-7-10(14)9-2-3-11-12(6-9)16-8-15-11/h2-3,6,13H,1,4-5,7-8H2. The summed E-state index contributed by atoms with van der Waals surface area (Å²) in [5.41, 5.74) is 0.644. The minimum atomic E-state index is 0.0752. The first-order valence-corrected chi connectivity index (χ1v) is 6.58. The maximum absolute atomic E-state index is 11.8. The van der Waals surface area contributed by atoms with Gasteiger partial charge in [-0.05, 0) is 30.4 Å². The van der Waals surface area contributed by atoms with Crippen molar-refractivity contribution in [3.05, 3.63) is 23.8 Å². The van der Waals surface area contributed by atoms with E-state index in [1.807, 2.05) is 0 Å². The Kier molecular flexibility index (Phi) is 4.28. The fourth-order valence-electron chi connectivity index (χ4n) is 1.48. The Hall–Kier alpha value is -1.20. The Bertz CT molecular complexity index is 405. The van der Waals surface area contributed by atoms with Crippen molar-refractivity contribution in [1.29, 1.82) is 0 Å². The van der Waals surface area contributed by atoms with E-state index in [9.17, 15) is 4.79 Å². The lowest BCUT2D eigenvalue weighted by Crippen LogP contribution is -2.03. The molecule has 0 saturated heterocycles. The number of aliphatic hydroxyl groups excluding tert-OH is 1. The van der Waals surface area contributed by atoms with Gasteiger partial charge in [-0.15, -0.1) is 0 Å². The maximum atomic E-state index is 11.8. The third-order valence-electron chi connectivity index (χ3n) is 2.37. The SMILES string of the molecule is O=C(CSCCCO)c1ccc2c(c1)OCO2. The van der Waals surface area contributed by atoms with Crippen LogP contribution in [0, 0.1) is 0 Å². The minimum absolute atomic E-state index is 0.0752. The van der Waals surface area contributed by atoms with Gasteiger partial charge in [-0.25, -0.2) is 0 Å². The monoisotopic (exact) mass is 254 g/mol. The molecule has 0 amide bonds. The Morgan fingerprint density at radius 2 is 2.18 bits per heavy atom. The molecule has 1 aliphatic heterocycles. The first-order valence-electron chi connectivity index (χ1n) is 5.42. The van der Waals surface area contributed by atoms with Crippen LogP contribution in [0.5, 0.6) is 11.5 Å². The molecule has 1 aromatic rings. The number of thioether (sulfide) groups is 1. The van der Waals surface area contributed by atoms with Crippen molar-refractivity contribution >= 4 is 17.5 Å². The topological polar surface area (TPSA) is 55.8 Å². The zero-order valence-corrected chi connectivity index (χ0v) is 10.2. The van der Waals surface area contributed by atoms with E-state index < -0.39 is 0 Å². The van der Waals surface area contributed by atoms with Crippen LogP contribution < -0.4 is 9.47 Å². The number of aliphatic hydroxyl groups is 1. The second-order valence-corrected chi connectivity index (χ2v) is 4.73.